The molecule has 5 N–H and O–H groups in total. The number of aliphatic carboxylic acids is 1. The number of nitrogens with zero attached hydrogens (tertiary/aromatic N) is 1. The molecule has 9 nitrogen and oxygen atoms in total. The van der Waals surface area contributed by atoms with Crippen LogP contribution in [-0.2, 0) is 9.59 Å². The number of nitrogens with one attached hydrogen (secondary N) is 3. The Labute approximate surface area is 205 Å². The van der Waals surface area contributed by atoms with Gasteiger partial charge in [-0.1, -0.05) is 44.5 Å². The molecule has 0 radical (unpaired) electrons. The maximum atomic E-state index is 13.5. The molecule has 1 aliphatic rings. The number of hydrogen-bond donors (Lipinski definition) is 5. The van der Waals surface area contributed by atoms with Gasteiger partial charge >= 0.3 is 12.0 Å². The van der Waals surface area contributed by atoms with E-state index in [2.05, 4.69) is 10.6 Å². The number of carboxylic acids is 1. The topological polar surface area (TPSA) is 143 Å². The number of carbonyl (C=O) groups excluding carboxylic acids is 2. The number of aliphatic hydroxyl groups is 1. The number of hydrogen-bond acceptors (Lipinski definition) is 5. The lowest BCUT2D eigenvalue weighted by molar-refractivity contribution is -0.150. The number of amides is 3. The lowest BCUT2D eigenvalue weighted by Crippen LogP contribution is -2.60. The van der Waals surface area contributed by atoms with Crippen LogP contribution in [0, 0.1) is 10.8 Å². The molecule has 1 heterocycles. The van der Waals surface area contributed by atoms with Crippen molar-refractivity contribution in [3.05, 3.63) is 34.9 Å². The SMILES string of the molecule is CC(C)(C)NC(=O)N[C@H](C(=O)N1C[C@@](O)(CC(=N)c2cccc(Cl)c2)C[C@H]1C(=O)O)C(C)(C)C. The maximum Gasteiger partial charge on any atom is 0.326 e. The van der Waals surface area contributed by atoms with Crippen molar-refractivity contribution in [2.45, 2.75) is 77.6 Å². The van der Waals surface area contributed by atoms with E-state index < -0.39 is 46.5 Å². The second kappa shape index (κ2) is 9.92. The normalized spacial score (nSPS) is 21.6. The van der Waals surface area contributed by atoms with E-state index in [9.17, 15) is 24.6 Å². The minimum Gasteiger partial charge on any atom is -0.480 e. The van der Waals surface area contributed by atoms with Gasteiger partial charge in [0.2, 0.25) is 5.91 Å². The average molecular weight is 495 g/mol. The Bertz CT molecular complexity index is 969. The number of carboxylic acid groups (broad SMARTS) is 1. The number of rotatable bonds is 6. The molecule has 0 spiro atoms. The lowest BCUT2D eigenvalue weighted by Gasteiger charge is -2.35. The van der Waals surface area contributed by atoms with Gasteiger partial charge in [0.1, 0.15) is 12.1 Å². The summed E-state index contributed by atoms with van der Waals surface area (Å²) < 4.78 is 0. The second-order valence-corrected chi connectivity index (χ2v) is 11.5. The fourth-order valence-electron chi connectivity index (χ4n) is 3.97. The van der Waals surface area contributed by atoms with Crippen LogP contribution in [0.5, 0.6) is 0 Å². The molecular formula is C24H35ClN4O5. The monoisotopic (exact) mass is 494 g/mol. The Morgan fingerprint density at radius 2 is 1.85 bits per heavy atom. The molecule has 3 atom stereocenters. The van der Waals surface area contributed by atoms with E-state index in [1.54, 1.807) is 65.8 Å². The van der Waals surface area contributed by atoms with Crippen molar-refractivity contribution in [3.8, 4) is 0 Å². The first-order chi connectivity index (χ1) is 15.4. The molecule has 1 fully saturated rings. The van der Waals surface area contributed by atoms with Crippen LogP contribution in [0.4, 0.5) is 4.79 Å². The lowest BCUT2D eigenvalue weighted by atomic mass is 9.85. The third kappa shape index (κ3) is 7.17. The number of urea groups is 1. The van der Waals surface area contributed by atoms with Crippen molar-refractivity contribution in [2.75, 3.05) is 6.54 Å². The number of β-amino-alcohol motifs (C(OH)–C–C–N with tert-alkyl or cyclic N) is 1. The van der Waals surface area contributed by atoms with Gasteiger partial charge in [-0.15, -0.1) is 0 Å². The van der Waals surface area contributed by atoms with Crippen LogP contribution in [0.1, 0.15) is 59.9 Å². The fraction of sp³-hybridized carbons (Fsp3) is 0.583. The predicted octanol–water partition coefficient (Wildman–Crippen LogP) is 3.03. The molecule has 2 rings (SSSR count). The average Bonchev–Trinajstić information content (AvgIpc) is 3.01. The van der Waals surface area contributed by atoms with Crippen molar-refractivity contribution in [3.63, 3.8) is 0 Å². The Morgan fingerprint density at radius 1 is 1.24 bits per heavy atom. The van der Waals surface area contributed by atoms with Crippen LogP contribution in [0.2, 0.25) is 5.02 Å². The van der Waals surface area contributed by atoms with E-state index in [-0.39, 0.29) is 25.1 Å². The highest BCUT2D eigenvalue weighted by Gasteiger charge is 2.51. The van der Waals surface area contributed by atoms with Gasteiger partial charge in [-0.05, 0) is 43.9 Å². The standard InChI is InChI=1S/C24H35ClN4O5/c1-22(2,3)18(27-21(33)28-23(4,5)6)19(30)29-13-24(34,12-17(29)20(31)32)11-16(26)14-8-7-9-15(25)10-14/h7-10,17-18,26,34H,11-13H2,1-6H3,(H,31,32)(H2,27,28,33)/t17-,18+,24+/m0/s1. The van der Waals surface area contributed by atoms with Crippen LogP contribution < -0.4 is 10.6 Å². The van der Waals surface area contributed by atoms with E-state index in [1.165, 1.54) is 0 Å². The highest BCUT2D eigenvalue weighted by molar-refractivity contribution is 6.31. The Balaban J connectivity index is 2.28. The van der Waals surface area contributed by atoms with Crippen molar-refractivity contribution in [2.24, 2.45) is 5.41 Å². The first-order valence-corrected chi connectivity index (χ1v) is 11.5. The van der Waals surface area contributed by atoms with Gasteiger partial charge in [0.25, 0.3) is 0 Å². The van der Waals surface area contributed by atoms with Crippen LogP contribution in [0.15, 0.2) is 24.3 Å². The first kappa shape index (κ1) is 27.6. The molecule has 188 valence electrons. The fourth-order valence-corrected chi connectivity index (χ4v) is 4.16. The van der Waals surface area contributed by atoms with Gasteiger partial charge < -0.3 is 31.2 Å². The Kier molecular flexibility index (Phi) is 8.05. The van der Waals surface area contributed by atoms with Gasteiger partial charge in [-0.2, -0.15) is 0 Å². The molecule has 34 heavy (non-hydrogen) atoms. The van der Waals surface area contributed by atoms with Crippen molar-refractivity contribution in [1.29, 1.82) is 5.41 Å². The summed E-state index contributed by atoms with van der Waals surface area (Å²) in [7, 11) is 0. The minimum atomic E-state index is -1.62. The highest BCUT2D eigenvalue weighted by atomic mass is 35.5. The van der Waals surface area contributed by atoms with E-state index in [1.807, 2.05) is 0 Å². The summed E-state index contributed by atoms with van der Waals surface area (Å²) in [6.07, 6.45) is -0.388. The van der Waals surface area contributed by atoms with Crippen molar-refractivity contribution >= 4 is 35.2 Å². The van der Waals surface area contributed by atoms with Crippen LogP contribution in [0.25, 0.3) is 0 Å². The summed E-state index contributed by atoms with van der Waals surface area (Å²) >= 11 is 6.00. The molecule has 10 heteroatoms. The molecule has 3 amide bonds. The summed E-state index contributed by atoms with van der Waals surface area (Å²) in [4.78, 5) is 39.2. The maximum absolute atomic E-state index is 13.5. The van der Waals surface area contributed by atoms with Gasteiger partial charge in [0.15, 0.2) is 0 Å². The molecular weight excluding hydrogens is 460 g/mol. The van der Waals surface area contributed by atoms with E-state index >= 15 is 0 Å². The van der Waals surface area contributed by atoms with E-state index in [0.29, 0.717) is 10.6 Å². The van der Waals surface area contributed by atoms with E-state index in [4.69, 9.17) is 17.0 Å². The summed E-state index contributed by atoms with van der Waals surface area (Å²) in [5.41, 5.74) is -2.30. The first-order valence-electron chi connectivity index (χ1n) is 11.1. The zero-order valence-corrected chi connectivity index (χ0v) is 21.3. The second-order valence-electron chi connectivity index (χ2n) is 11.1. The van der Waals surface area contributed by atoms with Gasteiger partial charge in [-0.25, -0.2) is 9.59 Å². The van der Waals surface area contributed by atoms with Crippen LogP contribution >= 0.6 is 11.6 Å². The number of halogens is 1. The molecule has 1 aromatic rings. The zero-order valence-electron chi connectivity index (χ0n) is 20.5. The molecule has 0 aliphatic carbocycles. The number of benzene rings is 1. The smallest absolute Gasteiger partial charge is 0.326 e. The number of carbonyl (C=O) groups is 3. The van der Waals surface area contributed by atoms with Gasteiger partial charge in [-0.3, -0.25) is 4.79 Å². The van der Waals surface area contributed by atoms with Gasteiger partial charge in [0, 0.05) is 29.1 Å². The molecule has 0 unspecified atom stereocenters. The quantitative estimate of drug-likeness (QED) is 0.386. The third-order valence-electron chi connectivity index (χ3n) is 5.54. The molecule has 0 saturated carbocycles. The van der Waals surface area contributed by atoms with Crippen molar-refractivity contribution < 1.29 is 24.6 Å². The van der Waals surface area contributed by atoms with E-state index in [0.717, 1.165) is 4.90 Å². The molecule has 0 bridgehead atoms. The highest BCUT2D eigenvalue weighted by Crippen LogP contribution is 2.34. The molecule has 1 aromatic carbocycles. The molecule has 1 saturated heterocycles. The Hall–Kier alpha value is -2.65. The summed E-state index contributed by atoms with van der Waals surface area (Å²) in [5.74, 6) is -1.86. The van der Waals surface area contributed by atoms with Crippen LogP contribution in [0.3, 0.4) is 0 Å². The van der Waals surface area contributed by atoms with Gasteiger partial charge in [0.05, 0.1) is 12.1 Å². The zero-order chi connectivity index (χ0) is 26.1. The minimum absolute atomic E-state index is 0.0819. The number of likely N-dealkylation sites (tertiary alicyclic amines) is 1. The summed E-state index contributed by atoms with van der Waals surface area (Å²) in [6.45, 7) is 10.4. The third-order valence-corrected chi connectivity index (χ3v) is 5.77. The summed E-state index contributed by atoms with van der Waals surface area (Å²) in [5, 5.41) is 35.3. The Morgan fingerprint density at radius 3 is 2.35 bits per heavy atom. The van der Waals surface area contributed by atoms with Crippen molar-refractivity contribution in [1.82, 2.24) is 15.5 Å². The molecule has 0 aromatic heterocycles. The predicted molar refractivity (Wildman–Crippen MR) is 130 cm³/mol. The molecule has 1 aliphatic heterocycles. The summed E-state index contributed by atoms with van der Waals surface area (Å²) in [6, 6.07) is 3.74. The largest absolute Gasteiger partial charge is 0.480 e. The van der Waals surface area contributed by atoms with Crippen LogP contribution in [-0.4, -0.2) is 68.5 Å².